The summed E-state index contributed by atoms with van der Waals surface area (Å²) in [5.41, 5.74) is 0. The first-order valence-corrected chi connectivity index (χ1v) is 33.7. The number of methoxy groups -OCH3 is 1. The molecule has 25 nitrogen and oxygen atoms in total. The number of likely N-dealkylation sites (N-methyl/N-ethyl adjacent to an activating group) is 7. The topological polar surface area (TPSA) is 300 Å². The van der Waals surface area contributed by atoms with Crippen molar-refractivity contribution < 1.29 is 62.6 Å². The van der Waals surface area contributed by atoms with Gasteiger partial charge in [0.25, 0.3) is 0 Å². The molecule has 1 fully saturated rings. The van der Waals surface area contributed by atoms with Gasteiger partial charge in [0.05, 0.1) is 12.7 Å². The highest BCUT2D eigenvalue weighted by Crippen LogP contribution is 2.26. The van der Waals surface area contributed by atoms with E-state index in [9.17, 15) is 29.1 Å². The summed E-state index contributed by atoms with van der Waals surface area (Å²) >= 11 is 0. The summed E-state index contributed by atoms with van der Waals surface area (Å²) in [6, 6.07) is -13.9. The molecule has 0 aliphatic carbocycles. The highest BCUT2D eigenvalue weighted by atomic mass is 16.5. The molecule has 1 aliphatic heterocycles. The fourth-order valence-electron chi connectivity index (χ4n) is 12.1. The second-order valence-electron chi connectivity index (χ2n) is 28.0. The number of rotatable bonds is 22. The summed E-state index contributed by atoms with van der Waals surface area (Å²) in [4.78, 5) is 173. The molecular weight excluding hydrogens is 1190 g/mol. The molecule has 0 aromatic rings. The predicted octanol–water partition coefficient (Wildman–Crippen LogP) is 3.65. The van der Waals surface area contributed by atoms with E-state index in [0.717, 1.165) is 4.90 Å². The van der Waals surface area contributed by atoms with E-state index < -0.39 is 161 Å². The van der Waals surface area contributed by atoms with Crippen LogP contribution in [0.4, 0.5) is 0 Å². The van der Waals surface area contributed by atoms with Gasteiger partial charge in [-0.05, 0) is 128 Å². The Hall–Kier alpha value is -6.21. The van der Waals surface area contributed by atoms with E-state index in [2.05, 4.69) is 26.6 Å². The van der Waals surface area contributed by atoms with E-state index in [-0.39, 0.29) is 56.5 Å². The molecule has 6 N–H and O–H groups in total. The predicted molar refractivity (Wildman–Crippen MR) is 361 cm³/mol. The lowest BCUT2D eigenvalue weighted by Gasteiger charge is -2.41. The van der Waals surface area contributed by atoms with Crippen LogP contribution in [0.5, 0.6) is 0 Å². The Bertz CT molecular complexity index is 2490. The Morgan fingerprint density at radius 3 is 1.45 bits per heavy atom. The Kier molecular flexibility index (Phi) is 36.7. The number of hydrogen-bond acceptors (Lipinski definition) is 14. The van der Waals surface area contributed by atoms with Gasteiger partial charge in [0.15, 0.2) is 0 Å². The molecule has 0 radical (unpaired) electrons. The number of carbonyl (C=O) groups excluding carboxylic acids is 11. The van der Waals surface area contributed by atoms with Crippen molar-refractivity contribution in [2.24, 2.45) is 41.4 Å². The average molecular weight is 1320 g/mol. The van der Waals surface area contributed by atoms with E-state index in [1.165, 1.54) is 99.7 Å². The monoisotopic (exact) mass is 1320 g/mol. The highest BCUT2D eigenvalue weighted by molar-refractivity contribution is 6.00. The van der Waals surface area contributed by atoms with Gasteiger partial charge < -0.3 is 70.7 Å². The molecule has 1 aliphatic rings. The summed E-state index contributed by atoms with van der Waals surface area (Å²) in [6.45, 7) is 28.7. The van der Waals surface area contributed by atoms with Crippen molar-refractivity contribution in [1.82, 2.24) is 60.9 Å². The maximum atomic E-state index is 15.4. The second-order valence-corrected chi connectivity index (χ2v) is 28.0. The number of ether oxygens (including phenoxy) is 1. The van der Waals surface area contributed by atoms with Crippen molar-refractivity contribution in [2.45, 2.75) is 241 Å². The molecule has 1 saturated heterocycles. The van der Waals surface area contributed by atoms with Crippen LogP contribution in [0.1, 0.15) is 169 Å². The molecule has 11 amide bonds. The quantitative estimate of drug-likeness (QED) is 0.0667. The van der Waals surface area contributed by atoms with E-state index in [1.54, 1.807) is 68.5 Å². The first kappa shape index (κ1) is 84.8. The number of carbonyl (C=O) groups is 11. The molecular formula is C68H124N12O13. The van der Waals surface area contributed by atoms with Gasteiger partial charge in [0.1, 0.15) is 66.5 Å². The lowest BCUT2D eigenvalue weighted by atomic mass is 9.91. The van der Waals surface area contributed by atoms with Crippen LogP contribution in [-0.2, 0) is 57.5 Å². The maximum Gasteiger partial charge on any atom is 0.246 e. The third kappa shape index (κ3) is 24.2. The van der Waals surface area contributed by atoms with Gasteiger partial charge >= 0.3 is 0 Å². The summed E-state index contributed by atoms with van der Waals surface area (Å²) in [6.07, 6.45) is 4.30. The fraction of sp³-hybridized carbons (Fsp3) is 0.809. The number of nitrogens with zero attached hydrogens (tertiary/aromatic N) is 7. The van der Waals surface area contributed by atoms with Crippen LogP contribution in [-0.4, -0.2) is 254 Å². The third-order valence-electron chi connectivity index (χ3n) is 18.1. The van der Waals surface area contributed by atoms with Crippen molar-refractivity contribution in [1.29, 1.82) is 0 Å². The zero-order valence-electron chi connectivity index (χ0n) is 61.4. The first-order chi connectivity index (χ1) is 43.2. The van der Waals surface area contributed by atoms with E-state index in [4.69, 9.17) is 4.74 Å². The van der Waals surface area contributed by atoms with Crippen LogP contribution in [0.25, 0.3) is 0 Å². The molecule has 0 aromatic heterocycles. The van der Waals surface area contributed by atoms with Crippen LogP contribution in [0.3, 0.4) is 0 Å². The minimum atomic E-state index is -1.64. The van der Waals surface area contributed by atoms with Crippen LogP contribution in [0.15, 0.2) is 12.2 Å². The Morgan fingerprint density at radius 1 is 0.505 bits per heavy atom. The number of aliphatic hydroxyl groups is 1. The molecule has 0 bridgehead atoms. The molecule has 534 valence electrons. The summed E-state index contributed by atoms with van der Waals surface area (Å²) in [5, 5.41) is 26.5. The van der Waals surface area contributed by atoms with Crippen molar-refractivity contribution in [3.63, 3.8) is 0 Å². The van der Waals surface area contributed by atoms with E-state index in [1.807, 2.05) is 47.6 Å². The molecule has 0 spiro atoms. The van der Waals surface area contributed by atoms with Gasteiger partial charge in [-0.3, -0.25) is 52.7 Å². The minimum Gasteiger partial charge on any atom is -0.390 e. The summed E-state index contributed by atoms with van der Waals surface area (Å²) < 4.78 is 5.54. The molecule has 25 heteroatoms. The number of allylic oxidation sites excluding steroid dienone is 2. The Morgan fingerprint density at radius 2 is 0.968 bits per heavy atom. The largest absolute Gasteiger partial charge is 0.390 e. The second kappa shape index (κ2) is 40.2. The maximum absolute atomic E-state index is 15.4. The zero-order valence-corrected chi connectivity index (χ0v) is 61.4. The van der Waals surface area contributed by atoms with Gasteiger partial charge in [-0.2, -0.15) is 0 Å². The number of aliphatic hydroxyl groups excluding tert-OH is 1. The standard InChI is InChI=1S/C68H124N12O13/c1-26-28-30-44(13)57(81)56-61(85)72-48(27-2)63(87)75(19)50(31-29-36-69-17)64(88)79(23)55(45(14)38-93-25)60(84)73-53(42(9)10)67(91)74(18)49(34-32-39(3)4)59(83)70-46(15)58(82)71-47(16)62(86)77(21)52(37-41(7)8)66(90)76(20)51(35-33-40(5)6)65(89)78(22)54(43(11)12)68(92)80(56)24/h26,28,39-57,69,81H,27,29-38H2,1-25H3,(H,70,83)(H,71,82)(H,72,85)(H,73,84)/b28-26+/t44-,45-,46+,47-,48+,49+,50-,51+,52+,53+,54+,55+,56+,57-/m1/s1. The van der Waals surface area contributed by atoms with Gasteiger partial charge in [0, 0.05) is 62.4 Å². The molecule has 14 atom stereocenters. The highest BCUT2D eigenvalue weighted by Gasteiger charge is 2.47. The molecule has 1 rings (SSSR count). The summed E-state index contributed by atoms with van der Waals surface area (Å²) in [5.74, 6) is -10.0. The van der Waals surface area contributed by atoms with Crippen LogP contribution < -0.4 is 26.6 Å². The molecule has 0 saturated carbocycles. The summed E-state index contributed by atoms with van der Waals surface area (Å²) in [7, 11) is 13.2. The van der Waals surface area contributed by atoms with Crippen molar-refractivity contribution in [2.75, 3.05) is 76.6 Å². The van der Waals surface area contributed by atoms with Crippen molar-refractivity contribution in [3.05, 3.63) is 12.2 Å². The third-order valence-corrected chi connectivity index (χ3v) is 18.1. The van der Waals surface area contributed by atoms with Crippen molar-refractivity contribution in [3.8, 4) is 0 Å². The van der Waals surface area contributed by atoms with Gasteiger partial charge in [0.2, 0.25) is 65.0 Å². The Balaban J connectivity index is 4.56. The molecule has 1 heterocycles. The van der Waals surface area contributed by atoms with Gasteiger partial charge in [-0.15, -0.1) is 0 Å². The van der Waals surface area contributed by atoms with Crippen LogP contribution >= 0.6 is 0 Å². The molecule has 93 heavy (non-hydrogen) atoms. The lowest BCUT2D eigenvalue weighted by molar-refractivity contribution is -0.157. The average Bonchev–Trinajstić information content (AvgIpc) is 0.850. The van der Waals surface area contributed by atoms with Crippen molar-refractivity contribution >= 4 is 65.0 Å². The van der Waals surface area contributed by atoms with Gasteiger partial charge in [-0.25, -0.2) is 0 Å². The SMILES string of the molecule is C/C=C/C[C@@H](C)[C@@H](O)[C@H]1C(=O)N[C@@H](CC)C(=O)N(C)[C@H](CCCNC)C(=O)N(C)[C@@H]([C@H](C)COC)C(=O)N[C@@H](C(C)C)C(=O)N(C)[C@@H](CCC(C)C)C(=O)N[C@@H](C)C(=O)N[C@H](C)C(=O)N(C)[C@@H](CC(C)C)C(=O)N(C)[C@@H](CCC(C)C)C(=O)N(C)[C@@H](C(C)C)C(=O)N1C. The minimum absolute atomic E-state index is 0.00333. The fourth-order valence-corrected chi connectivity index (χ4v) is 12.1. The zero-order chi connectivity index (χ0) is 71.8. The first-order valence-electron chi connectivity index (χ1n) is 33.7. The van der Waals surface area contributed by atoms with Crippen LogP contribution in [0, 0.1) is 41.4 Å². The number of hydrogen-bond donors (Lipinski definition) is 6. The van der Waals surface area contributed by atoms with E-state index in [0.29, 0.717) is 32.2 Å². The lowest BCUT2D eigenvalue weighted by Crippen LogP contribution is -2.64. The van der Waals surface area contributed by atoms with E-state index >= 15 is 28.8 Å². The Labute approximate surface area is 557 Å². The molecule has 0 aromatic carbocycles. The van der Waals surface area contributed by atoms with Crippen LogP contribution in [0.2, 0.25) is 0 Å². The number of amides is 11. The molecule has 0 unspecified atom stereocenters. The number of nitrogens with one attached hydrogen (secondary N) is 5. The smallest absolute Gasteiger partial charge is 0.246 e. The van der Waals surface area contributed by atoms with Gasteiger partial charge in [-0.1, -0.05) is 102 Å². The normalized spacial score (nSPS) is 26.7.